The Morgan fingerprint density at radius 2 is 2.10 bits per heavy atom. The lowest BCUT2D eigenvalue weighted by atomic mass is 9.99. The first-order chi connectivity index (χ1) is 9.25. The lowest BCUT2D eigenvalue weighted by Crippen LogP contribution is -2.43. The molecule has 6 nitrogen and oxygen atoms in total. The van der Waals surface area contributed by atoms with E-state index in [9.17, 15) is 9.59 Å². The zero-order chi connectivity index (χ0) is 15.3. The normalized spacial score (nSPS) is 12.8. The summed E-state index contributed by atoms with van der Waals surface area (Å²) in [5, 5.41) is 5.57. The summed E-state index contributed by atoms with van der Waals surface area (Å²) in [4.78, 5) is 27.2. The quantitative estimate of drug-likeness (QED) is 0.837. The van der Waals surface area contributed by atoms with E-state index >= 15 is 0 Å². The molecule has 1 atom stereocenters. The summed E-state index contributed by atoms with van der Waals surface area (Å²) in [6, 6.07) is -0.363. The molecule has 0 aromatic carbocycles. The van der Waals surface area contributed by atoms with Crippen LogP contribution in [0.4, 0.5) is 0 Å². The molecule has 1 aromatic heterocycles. The third-order valence-electron chi connectivity index (χ3n) is 2.87. The van der Waals surface area contributed by atoms with Crippen LogP contribution in [0.2, 0.25) is 0 Å². The van der Waals surface area contributed by atoms with Gasteiger partial charge in [0.25, 0.3) is 5.91 Å². The van der Waals surface area contributed by atoms with Crippen molar-refractivity contribution >= 4 is 11.8 Å². The highest BCUT2D eigenvalue weighted by molar-refractivity contribution is 5.92. The molecule has 1 aromatic rings. The maximum atomic E-state index is 12.1. The second-order valence-corrected chi connectivity index (χ2v) is 5.58. The van der Waals surface area contributed by atoms with E-state index in [1.165, 1.54) is 13.2 Å². The van der Waals surface area contributed by atoms with Gasteiger partial charge in [-0.25, -0.2) is 4.98 Å². The molecule has 0 fully saturated rings. The topological polar surface area (TPSA) is 84.2 Å². The van der Waals surface area contributed by atoms with Gasteiger partial charge in [-0.1, -0.05) is 13.3 Å². The van der Waals surface area contributed by atoms with Crippen LogP contribution >= 0.6 is 0 Å². The summed E-state index contributed by atoms with van der Waals surface area (Å²) in [5.41, 5.74) is -0.0600. The van der Waals surface area contributed by atoms with E-state index in [1.807, 2.05) is 13.8 Å². The molecule has 2 amide bonds. The van der Waals surface area contributed by atoms with Crippen LogP contribution in [0.15, 0.2) is 10.7 Å². The fourth-order valence-corrected chi connectivity index (χ4v) is 2.02. The zero-order valence-corrected chi connectivity index (χ0v) is 12.7. The maximum Gasteiger partial charge on any atom is 0.273 e. The van der Waals surface area contributed by atoms with Gasteiger partial charge in [0.05, 0.1) is 0 Å². The van der Waals surface area contributed by atoms with Crippen LogP contribution < -0.4 is 10.6 Å². The number of amides is 2. The second kappa shape index (κ2) is 6.54. The molecule has 1 rings (SSSR count). The number of nitrogens with zero attached hydrogens (tertiary/aromatic N) is 1. The Labute approximate surface area is 119 Å². The van der Waals surface area contributed by atoms with Crippen molar-refractivity contribution in [1.29, 1.82) is 0 Å². The van der Waals surface area contributed by atoms with Crippen LogP contribution in [0.1, 0.15) is 69.9 Å². The number of aromatic nitrogens is 1. The molecule has 0 radical (unpaired) electrons. The Hall–Kier alpha value is -1.85. The highest BCUT2D eigenvalue weighted by atomic mass is 16.3. The first-order valence-electron chi connectivity index (χ1n) is 6.80. The zero-order valence-electron chi connectivity index (χ0n) is 12.7. The predicted molar refractivity (Wildman–Crippen MR) is 75.2 cm³/mol. The highest BCUT2D eigenvalue weighted by Crippen LogP contribution is 2.14. The monoisotopic (exact) mass is 281 g/mol. The van der Waals surface area contributed by atoms with Gasteiger partial charge >= 0.3 is 0 Å². The van der Waals surface area contributed by atoms with Crippen molar-refractivity contribution in [1.82, 2.24) is 15.6 Å². The Balaban J connectivity index is 2.71. The van der Waals surface area contributed by atoms with Crippen molar-refractivity contribution in [2.45, 2.75) is 59.0 Å². The molecule has 6 heteroatoms. The smallest absolute Gasteiger partial charge is 0.273 e. The molecule has 0 aliphatic carbocycles. The minimum atomic E-state index is -0.363. The molecule has 0 aliphatic heterocycles. The summed E-state index contributed by atoms with van der Waals surface area (Å²) in [7, 11) is 0. The third-order valence-corrected chi connectivity index (χ3v) is 2.87. The van der Waals surface area contributed by atoms with E-state index in [1.54, 1.807) is 6.92 Å². The molecule has 112 valence electrons. The largest absolute Gasteiger partial charge is 0.446 e. The molecular formula is C14H23N3O3. The van der Waals surface area contributed by atoms with Crippen LogP contribution in [0.5, 0.6) is 0 Å². The van der Waals surface area contributed by atoms with Crippen molar-refractivity contribution in [2.24, 2.45) is 0 Å². The number of hydrogen-bond donors (Lipinski definition) is 2. The van der Waals surface area contributed by atoms with E-state index < -0.39 is 0 Å². The molecule has 0 bridgehead atoms. The number of carbonyl (C=O) groups excluding carboxylic acids is 2. The Kier molecular flexibility index (Phi) is 5.30. The van der Waals surface area contributed by atoms with Crippen molar-refractivity contribution in [3.05, 3.63) is 17.8 Å². The van der Waals surface area contributed by atoms with E-state index in [0.717, 1.165) is 12.8 Å². The van der Waals surface area contributed by atoms with E-state index in [4.69, 9.17) is 4.42 Å². The lowest BCUT2D eigenvalue weighted by Gasteiger charge is -2.25. The van der Waals surface area contributed by atoms with Gasteiger partial charge in [0, 0.05) is 12.5 Å². The Bertz CT molecular complexity index is 480. The Morgan fingerprint density at radius 3 is 2.65 bits per heavy atom. The summed E-state index contributed by atoms with van der Waals surface area (Å²) >= 11 is 0. The highest BCUT2D eigenvalue weighted by Gasteiger charge is 2.23. The van der Waals surface area contributed by atoms with Crippen molar-refractivity contribution in [3.8, 4) is 0 Å². The maximum absolute atomic E-state index is 12.1. The van der Waals surface area contributed by atoms with Crippen LogP contribution in [-0.2, 0) is 4.79 Å². The minimum absolute atomic E-state index is 0.175. The molecule has 0 saturated heterocycles. The Morgan fingerprint density at radius 1 is 1.45 bits per heavy atom. The first-order valence-corrected chi connectivity index (χ1v) is 6.80. The van der Waals surface area contributed by atoms with Crippen molar-refractivity contribution < 1.29 is 14.0 Å². The van der Waals surface area contributed by atoms with Gasteiger partial charge in [-0.3, -0.25) is 9.59 Å². The van der Waals surface area contributed by atoms with Crippen LogP contribution in [0, 0.1) is 0 Å². The standard InChI is InChI=1S/C14H23N3O3/c1-6-7-14(4,5)17-12(19)11-8-20-13(16-11)9(2)15-10(3)18/h8-9H,6-7H2,1-5H3,(H,15,18)(H,17,19). The number of rotatable bonds is 6. The predicted octanol–water partition coefficient (Wildman–Crippen LogP) is 2.18. The van der Waals surface area contributed by atoms with Gasteiger partial charge in [-0.15, -0.1) is 0 Å². The summed E-state index contributed by atoms with van der Waals surface area (Å²) in [5.74, 6) is -0.127. The van der Waals surface area contributed by atoms with Crippen molar-refractivity contribution in [3.63, 3.8) is 0 Å². The molecule has 1 unspecified atom stereocenters. The molecule has 0 saturated carbocycles. The van der Waals surface area contributed by atoms with E-state index in [0.29, 0.717) is 5.89 Å². The lowest BCUT2D eigenvalue weighted by molar-refractivity contribution is -0.119. The minimum Gasteiger partial charge on any atom is -0.446 e. The second-order valence-electron chi connectivity index (χ2n) is 5.58. The van der Waals surface area contributed by atoms with Gasteiger partial charge < -0.3 is 15.1 Å². The van der Waals surface area contributed by atoms with E-state index in [-0.39, 0.29) is 29.1 Å². The third kappa shape index (κ3) is 4.68. The SMILES string of the molecule is CCCC(C)(C)NC(=O)c1coc(C(C)NC(C)=O)n1. The number of oxazole rings is 1. The van der Waals surface area contributed by atoms with Crippen LogP contribution in [0.25, 0.3) is 0 Å². The molecule has 0 spiro atoms. The van der Waals surface area contributed by atoms with Gasteiger partial charge in [-0.05, 0) is 27.2 Å². The first kappa shape index (κ1) is 16.2. The van der Waals surface area contributed by atoms with Gasteiger partial charge in [0.1, 0.15) is 12.3 Å². The molecular weight excluding hydrogens is 258 g/mol. The fourth-order valence-electron chi connectivity index (χ4n) is 2.02. The molecule has 20 heavy (non-hydrogen) atoms. The van der Waals surface area contributed by atoms with Gasteiger partial charge in [0.2, 0.25) is 11.8 Å². The van der Waals surface area contributed by atoms with E-state index in [2.05, 4.69) is 22.5 Å². The fraction of sp³-hybridized carbons (Fsp3) is 0.643. The van der Waals surface area contributed by atoms with Gasteiger partial charge in [-0.2, -0.15) is 0 Å². The number of hydrogen-bond acceptors (Lipinski definition) is 4. The summed E-state index contributed by atoms with van der Waals surface area (Å²) in [6.45, 7) is 9.16. The van der Waals surface area contributed by atoms with Gasteiger partial charge in [0.15, 0.2) is 5.69 Å². The summed E-state index contributed by atoms with van der Waals surface area (Å²) in [6.07, 6.45) is 3.17. The average molecular weight is 281 g/mol. The van der Waals surface area contributed by atoms with Crippen LogP contribution in [-0.4, -0.2) is 22.3 Å². The number of carbonyl (C=O) groups is 2. The van der Waals surface area contributed by atoms with Crippen LogP contribution in [0.3, 0.4) is 0 Å². The molecule has 0 aliphatic rings. The summed E-state index contributed by atoms with van der Waals surface area (Å²) < 4.78 is 5.24. The molecule has 1 heterocycles. The number of nitrogens with one attached hydrogen (secondary N) is 2. The molecule has 2 N–H and O–H groups in total. The van der Waals surface area contributed by atoms with Crippen molar-refractivity contribution in [2.75, 3.05) is 0 Å². The average Bonchev–Trinajstić information content (AvgIpc) is 2.76.